The van der Waals surface area contributed by atoms with Crippen molar-refractivity contribution in [1.82, 2.24) is 0 Å². The first kappa shape index (κ1) is 13.6. The second-order valence-corrected chi connectivity index (χ2v) is 5.59. The normalized spacial score (nSPS) is 12.3. The number of thiophene rings is 1. The molecule has 0 bridgehead atoms. The molecule has 1 aromatic carbocycles. The lowest BCUT2D eigenvalue weighted by Gasteiger charge is -2.05. The minimum Gasteiger partial charge on any atom is -0.393 e. The van der Waals surface area contributed by atoms with Crippen molar-refractivity contribution in [3.63, 3.8) is 0 Å². The molecule has 5 heteroatoms. The van der Waals surface area contributed by atoms with E-state index in [1.807, 2.05) is 24.3 Å². The molecule has 2 aromatic rings. The lowest BCUT2D eigenvalue weighted by molar-refractivity contribution is 0.100. The number of rotatable bonds is 4. The van der Waals surface area contributed by atoms with E-state index in [1.54, 1.807) is 13.0 Å². The minimum atomic E-state index is -0.509. The van der Waals surface area contributed by atoms with E-state index in [4.69, 9.17) is 11.5 Å². The summed E-state index contributed by atoms with van der Waals surface area (Å²) in [6.07, 6.45) is 0.268. The molecule has 1 atom stereocenters. The van der Waals surface area contributed by atoms with Crippen molar-refractivity contribution in [2.24, 2.45) is 5.73 Å². The number of benzene rings is 1. The number of nitrogen functional groups attached to an aromatic ring is 1. The first-order chi connectivity index (χ1) is 8.97. The Kier molecular flexibility index (Phi) is 3.87. The van der Waals surface area contributed by atoms with Crippen molar-refractivity contribution < 1.29 is 9.90 Å². The summed E-state index contributed by atoms with van der Waals surface area (Å²) in [7, 11) is 0. The molecule has 4 nitrogen and oxygen atoms in total. The van der Waals surface area contributed by atoms with E-state index in [2.05, 4.69) is 0 Å². The number of primary amides is 1. The third kappa shape index (κ3) is 3.13. The smallest absolute Gasteiger partial charge is 0.251 e. The topological polar surface area (TPSA) is 89.3 Å². The molecular formula is C14H16N2O2S. The number of anilines is 1. The van der Waals surface area contributed by atoms with E-state index in [0.29, 0.717) is 17.0 Å². The van der Waals surface area contributed by atoms with Gasteiger partial charge in [-0.25, -0.2) is 0 Å². The minimum absolute atomic E-state index is 0.357. The van der Waals surface area contributed by atoms with Gasteiger partial charge in [0, 0.05) is 4.88 Å². The summed E-state index contributed by atoms with van der Waals surface area (Å²) < 4.78 is 0. The maximum absolute atomic E-state index is 11.2. The van der Waals surface area contributed by atoms with Crippen LogP contribution in [0.5, 0.6) is 0 Å². The molecule has 0 saturated carbocycles. The van der Waals surface area contributed by atoms with E-state index in [9.17, 15) is 9.90 Å². The molecule has 1 heterocycles. The number of nitrogens with two attached hydrogens (primary N) is 2. The molecule has 100 valence electrons. The average molecular weight is 276 g/mol. The molecule has 1 unspecified atom stereocenters. The molecule has 0 aliphatic carbocycles. The number of amides is 1. The maximum atomic E-state index is 11.2. The van der Waals surface area contributed by atoms with Crippen LogP contribution in [0.25, 0.3) is 10.4 Å². The van der Waals surface area contributed by atoms with Gasteiger partial charge in [0.25, 0.3) is 5.91 Å². The van der Waals surface area contributed by atoms with Crippen LogP contribution in [0.1, 0.15) is 22.8 Å². The van der Waals surface area contributed by atoms with E-state index >= 15 is 0 Å². The van der Waals surface area contributed by atoms with Gasteiger partial charge in [-0.15, -0.1) is 11.3 Å². The summed E-state index contributed by atoms with van der Waals surface area (Å²) in [4.78, 5) is 12.1. The molecule has 0 aliphatic heterocycles. The number of aliphatic hydroxyl groups is 1. The number of hydrogen-bond acceptors (Lipinski definition) is 4. The fourth-order valence-corrected chi connectivity index (χ4v) is 2.82. The zero-order chi connectivity index (χ0) is 14.0. The number of carbonyl (C=O) groups is 1. The predicted molar refractivity (Wildman–Crippen MR) is 78.1 cm³/mol. The van der Waals surface area contributed by atoms with Gasteiger partial charge in [0.05, 0.1) is 16.7 Å². The molecule has 0 aliphatic rings. The van der Waals surface area contributed by atoms with Crippen LogP contribution in [0.15, 0.2) is 30.3 Å². The van der Waals surface area contributed by atoms with Gasteiger partial charge < -0.3 is 16.6 Å². The summed E-state index contributed by atoms with van der Waals surface area (Å²) in [6.45, 7) is 1.76. The molecule has 2 rings (SSSR count). The molecule has 0 fully saturated rings. The van der Waals surface area contributed by atoms with Crippen LogP contribution in [0, 0.1) is 0 Å². The molecule has 19 heavy (non-hydrogen) atoms. The van der Waals surface area contributed by atoms with Crippen molar-refractivity contribution >= 4 is 22.2 Å². The van der Waals surface area contributed by atoms with Crippen molar-refractivity contribution in [3.05, 3.63) is 41.5 Å². The Labute approximate surface area is 115 Å². The standard InChI is InChI=1S/C14H16N2O2S/c1-8(17)6-9-2-4-10(5-3-9)12-7-11(13(15)18)14(16)19-12/h2-5,7-8,17H,6,16H2,1H3,(H2,15,18). The van der Waals surface area contributed by atoms with Crippen LogP contribution in [0.3, 0.4) is 0 Å². The van der Waals surface area contributed by atoms with Crippen molar-refractivity contribution in [2.75, 3.05) is 5.73 Å². The van der Waals surface area contributed by atoms with Crippen LogP contribution in [-0.2, 0) is 6.42 Å². The largest absolute Gasteiger partial charge is 0.393 e. The highest BCUT2D eigenvalue weighted by atomic mass is 32.1. The van der Waals surface area contributed by atoms with Crippen molar-refractivity contribution in [3.8, 4) is 10.4 Å². The summed E-state index contributed by atoms with van der Waals surface area (Å²) in [6, 6.07) is 9.54. The molecule has 0 saturated heterocycles. The number of carbonyl (C=O) groups excluding carboxylic acids is 1. The van der Waals surface area contributed by atoms with Crippen LogP contribution < -0.4 is 11.5 Å². The Morgan fingerprint density at radius 3 is 2.47 bits per heavy atom. The zero-order valence-corrected chi connectivity index (χ0v) is 11.4. The fourth-order valence-electron chi connectivity index (χ4n) is 1.89. The highest BCUT2D eigenvalue weighted by molar-refractivity contribution is 7.19. The lowest BCUT2D eigenvalue weighted by Crippen LogP contribution is -2.11. The summed E-state index contributed by atoms with van der Waals surface area (Å²) in [5, 5.41) is 9.77. The van der Waals surface area contributed by atoms with Gasteiger partial charge in [-0.05, 0) is 30.5 Å². The van der Waals surface area contributed by atoms with Crippen LogP contribution in [0.4, 0.5) is 5.00 Å². The summed E-state index contributed by atoms with van der Waals surface area (Å²) in [5.41, 5.74) is 13.4. The van der Waals surface area contributed by atoms with E-state index in [1.165, 1.54) is 11.3 Å². The zero-order valence-electron chi connectivity index (χ0n) is 10.6. The Balaban J connectivity index is 2.27. The first-order valence-corrected chi connectivity index (χ1v) is 6.75. The first-order valence-electron chi connectivity index (χ1n) is 5.94. The molecule has 1 amide bonds. The lowest BCUT2D eigenvalue weighted by atomic mass is 10.1. The summed E-state index contributed by atoms with van der Waals surface area (Å²) in [5.74, 6) is -0.509. The maximum Gasteiger partial charge on any atom is 0.251 e. The second kappa shape index (κ2) is 5.42. The molecular weight excluding hydrogens is 260 g/mol. The monoisotopic (exact) mass is 276 g/mol. The van der Waals surface area contributed by atoms with Gasteiger partial charge in [0.15, 0.2) is 0 Å². The Morgan fingerprint density at radius 1 is 1.37 bits per heavy atom. The highest BCUT2D eigenvalue weighted by Gasteiger charge is 2.12. The van der Waals surface area contributed by atoms with Crippen LogP contribution >= 0.6 is 11.3 Å². The van der Waals surface area contributed by atoms with E-state index < -0.39 is 5.91 Å². The fraction of sp³-hybridized carbons (Fsp3) is 0.214. The van der Waals surface area contributed by atoms with E-state index in [0.717, 1.165) is 16.0 Å². The van der Waals surface area contributed by atoms with Gasteiger partial charge in [-0.3, -0.25) is 4.79 Å². The molecule has 0 radical (unpaired) electrons. The third-order valence-corrected chi connectivity index (χ3v) is 3.81. The Morgan fingerprint density at radius 2 is 2.00 bits per heavy atom. The Bertz CT molecular complexity index is 588. The van der Waals surface area contributed by atoms with Gasteiger partial charge in [-0.1, -0.05) is 24.3 Å². The van der Waals surface area contributed by atoms with Gasteiger partial charge in [0.1, 0.15) is 0 Å². The second-order valence-electron chi connectivity index (χ2n) is 4.50. The molecule has 5 N–H and O–H groups in total. The van der Waals surface area contributed by atoms with E-state index in [-0.39, 0.29) is 6.10 Å². The molecule has 1 aromatic heterocycles. The number of aliphatic hydroxyl groups excluding tert-OH is 1. The molecule has 0 spiro atoms. The van der Waals surface area contributed by atoms with Gasteiger partial charge >= 0.3 is 0 Å². The Hall–Kier alpha value is -1.85. The quantitative estimate of drug-likeness (QED) is 0.798. The summed E-state index contributed by atoms with van der Waals surface area (Å²) >= 11 is 1.34. The highest BCUT2D eigenvalue weighted by Crippen LogP contribution is 2.33. The third-order valence-electron chi connectivity index (χ3n) is 2.80. The van der Waals surface area contributed by atoms with Gasteiger partial charge in [-0.2, -0.15) is 0 Å². The van der Waals surface area contributed by atoms with Gasteiger partial charge in [0.2, 0.25) is 0 Å². The van der Waals surface area contributed by atoms with Crippen molar-refractivity contribution in [1.29, 1.82) is 0 Å². The van der Waals surface area contributed by atoms with Crippen LogP contribution in [0.2, 0.25) is 0 Å². The number of hydrogen-bond donors (Lipinski definition) is 3. The van der Waals surface area contributed by atoms with Crippen LogP contribution in [-0.4, -0.2) is 17.1 Å². The van der Waals surface area contributed by atoms with Crippen molar-refractivity contribution in [2.45, 2.75) is 19.4 Å². The predicted octanol–water partition coefficient (Wildman–Crippen LogP) is 2.02. The average Bonchev–Trinajstić information content (AvgIpc) is 2.71. The SMILES string of the molecule is CC(O)Cc1ccc(-c2cc(C(N)=O)c(N)s2)cc1.